The summed E-state index contributed by atoms with van der Waals surface area (Å²) in [5, 5.41) is 14.5. The molecule has 0 aliphatic carbocycles. The van der Waals surface area contributed by atoms with Crippen LogP contribution in [0.5, 0.6) is 0 Å². The molecule has 15 heavy (non-hydrogen) atoms. The van der Waals surface area contributed by atoms with Crippen molar-refractivity contribution >= 4 is 5.84 Å². The monoisotopic (exact) mass is 217 g/mol. The van der Waals surface area contributed by atoms with Crippen molar-refractivity contribution in [1.29, 1.82) is 0 Å². The Labute approximate surface area is 91.7 Å². The van der Waals surface area contributed by atoms with Crippen LogP contribution >= 0.6 is 0 Å². The van der Waals surface area contributed by atoms with Crippen molar-refractivity contribution in [2.45, 2.75) is 26.7 Å². The summed E-state index contributed by atoms with van der Waals surface area (Å²) in [5.74, 6) is 0.261. The van der Waals surface area contributed by atoms with Crippen molar-refractivity contribution in [1.82, 2.24) is 5.32 Å². The van der Waals surface area contributed by atoms with Crippen molar-refractivity contribution in [3.8, 4) is 0 Å². The quantitative estimate of drug-likeness (QED) is 0.184. The Morgan fingerprint density at radius 2 is 2.20 bits per heavy atom. The number of hydrogen-bond acceptors (Lipinski definition) is 4. The first-order valence-electron chi connectivity index (χ1n) is 5.18. The number of hydrogen-bond donors (Lipinski definition) is 3. The topological polar surface area (TPSA) is 79.9 Å². The first kappa shape index (κ1) is 14.2. The maximum atomic E-state index is 8.33. The molecule has 0 amide bonds. The van der Waals surface area contributed by atoms with Crippen LogP contribution in [-0.4, -0.2) is 37.8 Å². The van der Waals surface area contributed by atoms with Gasteiger partial charge >= 0.3 is 0 Å². The molecule has 0 atom stereocenters. The maximum absolute atomic E-state index is 8.33. The third-order valence-electron chi connectivity index (χ3n) is 2.27. The number of ether oxygens (including phenoxy) is 1. The fourth-order valence-corrected chi connectivity index (χ4v) is 1.16. The van der Waals surface area contributed by atoms with Crippen LogP contribution in [0, 0.1) is 5.41 Å². The van der Waals surface area contributed by atoms with Gasteiger partial charge in [-0.05, 0) is 11.8 Å². The minimum Gasteiger partial charge on any atom is -0.409 e. The predicted octanol–water partition coefficient (Wildman–Crippen LogP) is 0.775. The van der Waals surface area contributed by atoms with E-state index in [1.165, 1.54) is 0 Å². The molecule has 0 fully saturated rings. The maximum Gasteiger partial charge on any atom is 0.140 e. The SMILES string of the molecule is COCCC(C)(C)CNCCC(N)=NO. The highest BCUT2D eigenvalue weighted by Crippen LogP contribution is 2.18. The lowest BCUT2D eigenvalue weighted by Gasteiger charge is -2.24. The van der Waals surface area contributed by atoms with Crippen molar-refractivity contribution in [3.63, 3.8) is 0 Å². The first-order chi connectivity index (χ1) is 7.02. The molecule has 4 N–H and O–H groups in total. The summed E-state index contributed by atoms with van der Waals surface area (Å²) in [6, 6.07) is 0. The minimum atomic E-state index is 0.209. The average Bonchev–Trinajstić information content (AvgIpc) is 2.21. The molecule has 0 saturated carbocycles. The summed E-state index contributed by atoms with van der Waals surface area (Å²) in [7, 11) is 1.71. The molecular weight excluding hydrogens is 194 g/mol. The fraction of sp³-hybridized carbons (Fsp3) is 0.900. The Kier molecular flexibility index (Phi) is 7.07. The van der Waals surface area contributed by atoms with E-state index >= 15 is 0 Å². The molecule has 0 spiro atoms. The molecule has 0 aliphatic heterocycles. The highest BCUT2D eigenvalue weighted by atomic mass is 16.5. The molecule has 0 rings (SSSR count). The van der Waals surface area contributed by atoms with Gasteiger partial charge in [-0.25, -0.2) is 0 Å². The smallest absolute Gasteiger partial charge is 0.140 e. The van der Waals surface area contributed by atoms with Gasteiger partial charge in [-0.1, -0.05) is 19.0 Å². The zero-order valence-electron chi connectivity index (χ0n) is 9.92. The Bertz CT molecular complexity index is 193. The van der Waals surface area contributed by atoms with E-state index in [9.17, 15) is 0 Å². The molecule has 0 aromatic carbocycles. The van der Waals surface area contributed by atoms with Gasteiger partial charge in [0.2, 0.25) is 0 Å². The molecule has 0 unspecified atom stereocenters. The van der Waals surface area contributed by atoms with E-state index in [0.717, 1.165) is 26.1 Å². The molecule has 5 heteroatoms. The van der Waals surface area contributed by atoms with Crippen molar-refractivity contribution < 1.29 is 9.94 Å². The van der Waals surface area contributed by atoms with Crippen molar-refractivity contribution in [3.05, 3.63) is 0 Å². The molecule has 0 saturated heterocycles. The van der Waals surface area contributed by atoms with Crippen LogP contribution in [-0.2, 0) is 4.74 Å². The summed E-state index contributed by atoms with van der Waals surface area (Å²) in [6.45, 7) is 6.77. The number of oxime groups is 1. The lowest BCUT2D eigenvalue weighted by Crippen LogP contribution is -2.32. The molecule has 0 aliphatic rings. The number of rotatable bonds is 8. The van der Waals surface area contributed by atoms with E-state index < -0.39 is 0 Å². The molecule has 0 bridgehead atoms. The third-order valence-corrected chi connectivity index (χ3v) is 2.27. The Hall–Kier alpha value is -0.810. The standard InChI is InChI=1S/C10H23N3O2/c1-10(2,5-7-15-3)8-12-6-4-9(11)13-14/h12,14H,4-8H2,1-3H3,(H2,11,13). The second-order valence-corrected chi connectivity index (χ2v) is 4.43. The summed E-state index contributed by atoms with van der Waals surface area (Å²) in [4.78, 5) is 0. The van der Waals surface area contributed by atoms with E-state index in [-0.39, 0.29) is 11.3 Å². The van der Waals surface area contributed by atoms with E-state index in [1.54, 1.807) is 7.11 Å². The summed E-state index contributed by atoms with van der Waals surface area (Å²) in [5.41, 5.74) is 5.55. The van der Waals surface area contributed by atoms with Gasteiger partial charge in [-0.2, -0.15) is 0 Å². The van der Waals surface area contributed by atoms with Crippen LogP contribution in [0.3, 0.4) is 0 Å². The predicted molar refractivity (Wildman–Crippen MR) is 61.2 cm³/mol. The van der Waals surface area contributed by atoms with Crippen molar-refractivity contribution in [2.24, 2.45) is 16.3 Å². The van der Waals surface area contributed by atoms with Gasteiger partial charge in [-0.15, -0.1) is 0 Å². The Morgan fingerprint density at radius 3 is 2.73 bits per heavy atom. The lowest BCUT2D eigenvalue weighted by molar-refractivity contribution is 0.151. The van der Waals surface area contributed by atoms with Gasteiger partial charge in [0.25, 0.3) is 0 Å². The van der Waals surface area contributed by atoms with Crippen molar-refractivity contribution in [2.75, 3.05) is 26.8 Å². The molecular formula is C10H23N3O2. The normalized spacial score (nSPS) is 13.1. The number of amidine groups is 1. The Balaban J connectivity index is 3.56. The van der Waals surface area contributed by atoms with Crippen LogP contribution in [0.1, 0.15) is 26.7 Å². The molecule has 5 nitrogen and oxygen atoms in total. The molecule has 90 valence electrons. The molecule has 0 aromatic heterocycles. The third kappa shape index (κ3) is 8.20. The zero-order chi connectivity index (χ0) is 11.7. The largest absolute Gasteiger partial charge is 0.409 e. The van der Waals surface area contributed by atoms with Crippen LogP contribution < -0.4 is 11.1 Å². The van der Waals surface area contributed by atoms with Gasteiger partial charge in [0.15, 0.2) is 0 Å². The number of nitrogens with zero attached hydrogens (tertiary/aromatic N) is 1. The summed E-state index contributed by atoms with van der Waals surface area (Å²) in [6.07, 6.45) is 1.58. The minimum absolute atomic E-state index is 0.209. The van der Waals surface area contributed by atoms with E-state index in [0.29, 0.717) is 6.42 Å². The second kappa shape index (κ2) is 7.48. The van der Waals surface area contributed by atoms with E-state index in [2.05, 4.69) is 24.3 Å². The zero-order valence-corrected chi connectivity index (χ0v) is 9.92. The van der Waals surface area contributed by atoms with Gasteiger partial charge in [0.05, 0.1) is 0 Å². The average molecular weight is 217 g/mol. The van der Waals surface area contributed by atoms with Crippen LogP contribution in [0.25, 0.3) is 0 Å². The van der Waals surface area contributed by atoms with E-state index in [1.807, 2.05) is 0 Å². The molecule has 0 heterocycles. The van der Waals surface area contributed by atoms with Crippen LogP contribution in [0.2, 0.25) is 0 Å². The summed E-state index contributed by atoms with van der Waals surface area (Å²) < 4.78 is 5.04. The number of methoxy groups -OCH3 is 1. The first-order valence-corrected chi connectivity index (χ1v) is 5.18. The molecule has 0 aromatic rings. The van der Waals surface area contributed by atoms with Gasteiger partial charge in [0, 0.05) is 33.2 Å². The highest BCUT2D eigenvalue weighted by molar-refractivity contribution is 5.79. The van der Waals surface area contributed by atoms with Crippen LogP contribution in [0.4, 0.5) is 0 Å². The number of nitrogens with two attached hydrogens (primary N) is 1. The second-order valence-electron chi connectivity index (χ2n) is 4.43. The van der Waals surface area contributed by atoms with Gasteiger partial charge < -0.3 is 21.0 Å². The molecule has 0 radical (unpaired) electrons. The van der Waals surface area contributed by atoms with Crippen LogP contribution in [0.15, 0.2) is 5.16 Å². The van der Waals surface area contributed by atoms with E-state index in [4.69, 9.17) is 15.7 Å². The van der Waals surface area contributed by atoms with Gasteiger partial charge in [-0.3, -0.25) is 0 Å². The Morgan fingerprint density at radius 1 is 1.53 bits per heavy atom. The van der Waals surface area contributed by atoms with Gasteiger partial charge in [0.1, 0.15) is 5.84 Å². The highest BCUT2D eigenvalue weighted by Gasteiger charge is 2.16. The fourth-order valence-electron chi connectivity index (χ4n) is 1.16. The lowest BCUT2D eigenvalue weighted by atomic mass is 9.90. The number of nitrogens with one attached hydrogen (secondary N) is 1. The summed E-state index contributed by atoms with van der Waals surface area (Å²) >= 11 is 0.